The maximum Gasteiger partial charge on any atom is 0.164 e. The summed E-state index contributed by atoms with van der Waals surface area (Å²) in [5.74, 6) is 1.68. The van der Waals surface area contributed by atoms with Crippen molar-refractivity contribution in [3.05, 3.63) is 188 Å². The molecule has 8 aromatic carbocycles. The first-order valence-corrected chi connectivity index (χ1v) is 19.5. The first-order valence-electron chi connectivity index (χ1n) is 19.5. The van der Waals surface area contributed by atoms with Gasteiger partial charge in [0.25, 0.3) is 0 Å². The van der Waals surface area contributed by atoms with Crippen molar-refractivity contribution < 1.29 is 4.42 Å². The van der Waals surface area contributed by atoms with Gasteiger partial charge in [0.05, 0.1) is 44.5 Å². The normalized spacial score (nSPS) is 11.7. The number of para-hydroxylation sites is 4. The number of nitriles is 1. The molecule has 7 heteroatoms. The minimum absolute atomic E-state index is 0.539. The van der Waals surface area contributed by atoms with E-state index < -0.39 is 0 Å². The van der Waals surface area contributed by atoms with Crippen LogP contribution in [0, 0.1) is 11.3 Å². The zero-order valence-electron chi connectivity index (χ0n) is 31.4. The lowest BCUT2D eigenvalue weighted by atomic mass is 10.0. The van der Waals surface area contributed by atoms with Gasteiger partial charge in [0, 0.05) is 49.6 Å². The molecule has 4 aromatic heterocycles. The van der Waals surface area contributed by atoms with Crippen LogP contribution in [-0.2, 0) is 0 Å². The molecule has 12 aromatic rings. The van der Waals surface area contributed by atoms with Crippen molar-refractivity contribution in [1.29, 1.82) is 5.26 Å². The maximum absolute atomic E-state index is 9.42. The summed E-state index contributed by atoms with van der Waals surface area (Å²) in [6.07, 6.45) is 0. The van der Waals surface area contributed by atoms with E-state index in [0.717, 1.165) is 93.6 Å². The predicted molar refractivity (Wildman–Crippen MR) is 237 cm³/mol. The monoisotopic (exact) mass is 754 g/mol. The van der Waals surface area contributed by atoms with Crippen LogP contribution in [0.4, 0.5) is 0 Å². The van der Waals surface area contributed by atoms with E-state index in [0.29, 0.717) is 23.0 Å². The summed E-state index contributed by atoms with van der Waals surface area (Å²) in [5.41, 5.74) is 11.3. The van der Waals surface area contributed by atoms with Gasteiger partial charge in [0.2, 0.25) is 0 Å². The van der Waals surface area contributed by atoms with E-state index in [2.05, 4.69) is 137 Å². The third-order valence-corrected chi connectivity index (χ3v) is 11.4. The average molecular weight is 755 g/mol. The molecule has 0 spiro atoms. The number of benzene rings is 8. The van der Waals surface area contributed by atoms with E-state index in [4.69, 9.17) is 19.4 Å². The first-order chi connectivity index (χ1) is 29.2. The maximum atomic E-state index is 9.42. The number of rotatable bonds is 5. The molecule has 0 saturated carbocycles. The molecule has 0 N–H and O–H groups in total. The number of hydrogen-bond donors (Lipinski definition) is 0. The van der Waals surface area contributed by atoms with Gasteiger partial charge >= 0.3 is 0 Å². The van der Waals surface area contributed by atoms with Gasteiger partial charge in [0.1, 0.15) is 11.2 Å². The van der Waals surface area contributed by atoms with Crippen LogP contribution >= 0.6 is 0 Å². The first kappa shape index (κ1) is 32.9. The van der Waals surface area contributed by atoms with E-state index in [1.807, 2.05) is 48.5 Å². The van der Waals surface area contributed by atoms with Crippen molar-refractivity contribution in [2.75, 3.05) is 0 Å². The van der Waals surface area contributed by atoms with Crippen molar-refractivity contribution in [1.82, 2.24) is 24.1 Å². The molecule has 0 atom stereocenters. The third kappa shape index (κ3) is 4.97. The van der Waals surface area contributed by atoms with Crippen LogP contribution in [0.3, 0.4) is 0 Å². The van der Waals surface area contributed by atoms with Crippen molar-refractivity contribution in [3.63, 3.8) is 0 Å². The Labute approximate surface area is 337 Å². The molecule has 274 valence electrons. The number of furan rings is 1. The Morgan fingerprint density at radius 1 is 0.407 bits per heavy atom. The quantitative estimate of drug-likeness (QED) is 0.175. The highest BCUT2D eigenvalue weighted by atomic mass is 16.3. The van der Waals surface area contributed by atoms with E-state index in [1.165, 1.54) is 0 Å². The molecular weight excluding hydrogens is 725 g/mol. The molecule has 0 fully saturated rings. The third-order valence-electron chi connectivity index (χ3n) is 11.4. The number of fused-ring (bicyclic) bond motifs is 12. The molecule has 0 saturated heterocycles. The smallest absolute Gasteiger partial charge is 0.164 e. The van der Waals surface area contributed by atoms with Gasteiger partial charge in [-0.3, -0.25) is 0 Å². The Hall–Kier alpha value is -8.34. The molecule has 0 unspecified atom stereocenters. The molecule has 0 radical (unpaired) electrons. The van der Waals surface area contributed by atoms with Crippen LogP contribution in [0.2, 0.25) is 0 Å². The van der Waals surface area contributed by atoms with Gasteiger partial charge in [-0.25, -0.2) is 15.0 Å². The molecule has 12 rings (SSSR count). The van der Waals surface area contributed by atoms with Gasteiger partial charge in [-0.05, 0) is 78.9 Å². The van der Waals surface area contributed by atoms with E-state index >= 15 is 0 Å². The largest absolute Gasteiger partial charge is 0.455 e. The zero-order valence-corrected chi connectivity index (χ0v) is 31.4. The predicted octanol–water partition coefficient (Wildman–Crippen LogP) is 12.8. The molecule has 4 heterocycles. The molecule has 0 bridgehead atoms. The van der Waals surface area contributed by atoms with Crippen molar-refractivity contribution >= 4 is 65.6 Å². The highest BCUT2D eigenvalue weighted by Gasteiger charge is 2.27. The Morgan fingerprint density at radius 2 is 0.847 bits per heavy atom. The van der Waals surface area contributed by atoms with Crippen LogP contribution < -0.4 is 0 Å². The number of aromatic nitrogens is 5. The zero-order chi connectivity index (χ0) is 39.0. The Morgan fingerprint density at radius 3 is 1.44 bits per heavy atom. The Kier molecular flexibility index (Phi) is 7.16. The van der Waals surface area contributed by atoms with Crippen LogP contribution in [-0.4, -0.2) is 24.1 Å². The Bertz CT molecular complexity index is 3650. The second-order valence-electron chi connectivity index (χ2n) is 14.7. The summed E-state index contributed by atoms with van der Waals surface area (Å²) in [6.45, 7) is 0. The van der Waals surface area contributed by atoms with E-state index in [9.17, 15) is 5.26 Å². The fourth-order valence-electron chi connectivity index (χ4n) is 8.80. The topological polar surface area (TPSA) is 85.5 Å². The van der Waals surface area contributed by atoms with Gasteiger partial charge in [0.15, 0.2) is 17.5 Å². The fourth-order valence-corrected chi connectivity index (χ4v) is 8.80. The van der Waals surface area contributed by atoms with E-state index in [1.54, 1.807) is 12.1 Å². The minimum Gasteiger partial charge on any atom is -0.455 e. The molecule has 0 amide bonds. The van der Waals surface area contributed by atoms with Gasteiger partial charge in [-0.15, -0.1) is 0 Å². The summed E-state index contributed by atoms with van der Waals surface area (Å²) in [4.78, 5) is 14.9. The van der Waals surface area contributed by atoms with Crippen LogP contribution in [0.25, 0.3) is 111 Å². The summed E-state index contributed by atoms with van der Waals surface area (Å²) in [6, 6.07) is 64.3. The van der Waals surface area contributed by atoms with Crippen LogP contribution in [0.15, 0.2) is 186 Å². The second kappa shape index (κ2) is 12.8. The van der Waals surface area contributed by atoms with Gasteiger partial charge < -0.3 is 13.6 Å². The van der Waals surface area contributed by atoms with Gasteiger partial charge in [-0.1, -0.05) is 103 Å². The lowest BCUT2D eigenvalue weighted by molar-refractivity contribution is 0.673. The van der Waals surface area contributed by atoms with Crippen molar-refractivity contribution in [3.8, 4) is 51.6 Å². The van der Waals surface area contributed by atoms with Crippen molar-refractivity contribution in [2.24, 2.45) is 0 Å². The second-order valence-corrected chi connectivity index (χ2v) is 14.7. The molecule has 0 aliphatic heterocycles. The summed E-state index contributed by atoms with van der Waals surface area (Å²) < 4.78 is 11.7. The summed E-state index contributed by atoms with van der Waals surface area (Å²) in [5, 5.41) is 16.1. The Balaban J connectivity index is 1.14. The molecule has 59 heavy (non-hydrogen) atoms. The highest BCUT2D eigenvalue weighted by Crippen LogP contribution is 2.49. The van der Waals surface area contributed by atoms with Gasteiger partial charge in [-0.2, -0.15) is 5.26 Å². The highest BCUT2D eigenvalue weighted by molar-refractivity contribution is 6.39. The average Bonchev–Trinajstić information content (AvgIpc) is 3.98. The van der Waals surface area contributed by atoms with Crippen molar-refractivity contribution in [2.45, 2.75) is 0 Å². The molecule has 0 aliphatic carbocycles. The molecule has 7 nitrogen and oxygen atoms in total. The lowest BCUT2D eigenvalue weighted by Gasteiger charge is -2.12. The lowest BCUT2D eigenvalue weighted by Crippen LogP contribution is -2.00. The SMILES string of the molecule is N#Cc1ccc(-c2nc(-c3ccccc3)nc(-c3ccc(-n4c5ccccc5c5c6oc7ccccc7c6c6c(c7ccccc7n6-c6ccccc6)c54)cc3)n2)cc1. The standard InChI is InChI=1S/C52H30N6O/c53-31-32-23-25-34(26-24-32)51-54-50(33-13-3-1-4-14-33)55-52(56-51)35-27-29-37(30-28-35)58-42-21-11-8-18-39(42)45-47(58)44-38-17-7-10-20-41(38)57(36-15-5-2-6-16-36)48(44)46-40-19-9-12-22-43(40)59-49(45)46/h1-30H. The number of hydrogen-bond acceptors (Lipinski definition) is 5. The van der Waals surface area contributed by atoms with Crippen LogP contribution in [0.5, 0.6) is 0 Å². The minimum atomic E-state index is 0.539. The molecule has 0 aliphatic rings. The van der Waals surface area contributed by atoms with Crippen LogP contribution in [0.1, 0.15) is 5.56 Å². The summed E-state index contributed by atoms with van der Waals surface area (Å²) >= 11 is 0. The number of nitrogens with zero attached hydrogens (tertiary/aromatic N) is 6. The van der Waals surface area contributed by atoms with E-state index in [-0.39, 0.29) is 0 Å². The summed E-state index contributed by atoms with van der Waals surface area (Å²) in [7, 11) is 0. The fraction of sp³-hybridized carbons (Fsp3) is 0. The molecular formula is C52H30N6O.